The zero-order valence-electron chi connectivity index (χ0n) is 43.0. The maximum Gasteiger partial charge on any atom is 0.261 e. The molecule has 414 valence electrons. The molecule has 0 spiro atoms. The van der Waals surface area contributed by atoms with Gasteiger partial charge in [0.1, 0.15) is 41.3 Å². The molecule has 4 aliphatic heterocycles. The molecule has 2 aromatic heterocycles. The Hall–Kier alpha value is -7.80. The molecule has 23 nitrogen and oxygen atoms in total. The highest BCUT2D eigenvalue weighted by molar-refractivity contribution is 8.15. The quantitative estimate of drug-likeness (QED) is 0.0484. The van der Waals surface area contributed by atoms with Crippen LogP contribution in [-0.4, -0.2) is 142 Å². The van der Waals surface area contributed by atoms with Crippen molar-refractivity contribution >= 4 is 104 Å². The highest BCUT2D eigenvalue weighted by Crippen LogP contribution is 2.32. The van der Waals surface area contributed by atoms with Crippen molar-refractivity contribution in [2.75, 3.05) is 37.2 Å². The number of carbonyl (C=O) groups excluding carboxylic acids is 9. The highest BCUT2D eigenvalue weighted by Gasteiger charge is 2.41. The second-order valence-electron chi connectivity index (χ2n) is 20.0. The van der Waals surface area contributed by atoms with E-state index in [0.29, 0.717) is 56.8 Å². The molecule has 9 rings (SSSR count). The summed E-state index contributed by atoms with van der Waals surface area (Å²) in [5.74, 6) is -5.46. The van der Waals surface area contributed by atoms with Gasteiger partial charge in [0.2, 0.25) is 47.3 Å². The van der Waals surface area contributed by atoms with Gasteiger partial charge < -0.3 is 63.9 Å². The second-order valence-corrected chi connectivity index (χ2v) is 22.0. The van der Waals surface area contributed by atoms with Crippen LogP contribution in [0.15, 0.2) is 71.9 Å². The summed E-state index contributed by atoms with van der Waals surface area (Å²) in [7, 11) is 0. The van der Waals surface area contributed by atoms with Crippen LogP contribution in [0.25, 0.3) is 10.9 Å². The third kappa shape index (κ3) is 15.0. The molecule has 14 N–H and O–H groups in total. The lowest BCUT2D eigenvalue weighted by atomic mass is 9.84. The molecule has 1 aliphatic carbocycles. The van der Waals surface area contributed by atoms with Crippen molar-refractivity contribution in [2.24, 2.45) is 22.4 Å². The van der Waals surface area contributed by atoms with Crippen molar-refractivity contribution in [3.05, 3.63) is 87.7 Å². The monoisotopic (exact) mass is 1110 g/mol. The van der Waals surface area contributed by atoms with E-state index in [9.17, 15) is 43.2 Å². The van der Waals surface area contributed by atoms with E-state index in [4.69, 9.17) is 21.9 Å². The molecule has 0 unspecified atom stereocenters. The fourth-order valence-electron chi connectivity index (χ4n) is 10.2. The van der Waals surface area contributed by atoms with Crippen LogP contribution in [-0.2, 0) is 51.2 Å². The third-order valence-corrected chi connectivity index (χ3v) is 16.6. The number of anilines is 1. The lowest BCUT2D eigenvalue weighted by Crippen LogP contribution is -2.60. The first kappa shape index (κ1) is 56.4. The molecule has 6 atom stereocenters. The summed E-state index contributed by atoms with van der Waals surface area (Å²) in [5.41, 5.74) is 13.8. The van der Waals surface area contributed by atoms with Gasteiger partial charge in [0, 0.05) is 54.5 Å². The minimum atomic E-state index is -1.30. The minimum Gasteiger partial charge on any atom is -0.370 e. The van der Waals surface area contributed by atoms with Crippen LogP contribution in [0.1, 0.15) is 89.9 Å². The molecule has 6 bridgehead atoms. The van der Waals surface area contributed by atoms with E-state index < -0.39 is 96.6 Å². The zero-order chi connectivity index (χ0) is 55.3. The smallest absolute Gasteiger partial charge is 0.261 e. The Balaban J connectivity index is 1.09. The Morgan fingerprint density at radius 3 is 2.23 bits per heavy atom. The number of guanidine groups is 1. The number of primary amides is 1. The lowest BCUT2D eigenvalue weighted by Gasteiger charge is -2.31. The first-order chi connectivity index (χ1) is 37.6. The average Bonchev–Trinajstić information content (AvgIpc) is 4.30. The molecular formula is C53H66N14O9S2. The van der Waals surface area contributed by atoms with Crippen LogP contribution < -0.4 is 54.0 Å². The van der Waals surface area contributed by atoms with Gasteiger partial charge in [-0.25, -0.2) is 0 Å². The first-order valence-corrected chi connectivity index (χ1v) is 28.1. The number of nitrogens with zero attached hydrogens (tertiary/aromatic N) is 2. The normalized spacial score (nSPS) is 23.8. The van der Waals surface area contributed by atoms with Crippen LogP contribution in [0.2, 0.25) is 0 Å². The van der Waals surface area contributed by atoms with E-state index in [0.717, 1.165) is 54.3 Å². The number of thiophene rings is 1. The van der Waals surface area contributed by atoms with Gasteiger partial charge in [-0.05, 0) is 79.5 Å². The van der Waals surface area contributed by atoms with Crippen molar-refractivity contribution in [1.29, 1.82) is 5.41 Å². The fraction of sp³-hybridized carbons (Fsp3) is 0.453. The topological polar surface area (TPSA) is 357 Å². The number of hydrogen-bond donors (Lipinski definition) is 12. The van der Waals surface area contributed by atoms with Crippen molar-refractivity contribution in [3.8, 4) is 0 Å². The number of nitrogens with one attached hydrogen (secondary N) is 10. The zero-order valence-corrected chi connectivity index (χ0v) is 44.6. The predicted molar refractivity (Wildman–Crippen MR) is 295 cm³/mol. The standard InChI is InChI=1S/C53H66N14O9S2/c54-45(70)36-22-30-14-16-32(17-15-30)61-44(69)27-59-43(68)26-60-50(75)41-18-19-42(78-41)51-66-39(28-77-51)52(76)67-21-7-13-40(67)49(74)65-37(23-29-8-2-1-3-9-29)47(72)64-38(24-31-25-58-34-11-5-4-10-33(31)34)48(73)62-35(46(71)63-36)12-6-20-57-53(55)56/h4-5,10-11,14-19,25,29,35-40,58H,1-3,6-9,12-13,20-24,26-28H2,(H2,54,70)(H,59,68)(H,60,75)(H,61,69)(H,62,73)(H,63,71)(H,64,72)(H,65,74)(H4,55,56,57)/t35-,36-,37+,38-,39-,40-/m0/s1. The molecule has 1 saturated heterocycles. The number of carbonyl (C=O) groups is 9. The largest absolute Gasteiger partial charge is 0.370 e. The lowest BCUT2D eigenvalue weighted by molar-refractivity contribution is -0.140. The van der Waals surface area contributed by atoms with Crippen molar-refractivity contribution in [2.45, 2.75) is 113 Å². The Morgan fingerprint density at radius 2 is 1.46 bits per heavy atom. The van der Waals surface area contributed by atoms with Crippen LogP contribution in [0.3, 0.4) is 0 Å². The number of hydrogen-bond acceptors (Lipinski definition) is 13. The van der Waals surface area contributed by atoms with Gasteiger partial charge in [0.05, 0.1) is 22.8 Å². The molecule has 1 saturated carbocycles. The number of nitrogens with two attached hydrogens (primary N) is 2. The van der Waals surface area contributed by atoms with Crippen molar-refractivity contribution in [1.82, 2.24) is 47.1 Å². The minimum absolute atomic E-state index is 0.00131. The number of aliphatic imine (C=N–C) groups is 1. The number of H-pyrrole nitrogens is 1. The maximum absolute atomic E-state index is 14.9. The average molecular weight is 1110 g/mol. The number of amides is 9. The summed E-state index contributed by atoms with van der Waals surface area (Å²) in [5, 5.41) is 30.8. The molecule has 0 radical (unpaired) electrons. The number of benzene rings is 2. The van der Waals surface area contributed by atoms with E-state index in [1.54, 1.807) is 42.6 Å². The van der Waals surface area contributed by atoms with E-state index in [2.05, 4.69) is 47.5 Å². The molecular weight excluding hydrogens is 1040 g/mol. The number of rotatable bonds is 9. The summed E-state index contributed by atoms with van der Waals surface area (Å²) in [4.78, 5) is 135. The fourth-order valence-corrected chi connectivity index (χ4v) is 12.2. The third-order valence-electron chi connectivity index (χ3n) is 14.3. The Morgan fingerprint density at radius 1 is 0.756 bits per heavy atom. The molecule has 9 amide bonds. The van der Waals surface area contributed by atoms with E-state index >= 15 is 0 Å². The van der Waals surface area contributed by atoms with E-state index in [1.165, 1.54) is 16.7 Å². The van der Waals surface area contributed by atoms with Gasteiger partial charge in [-0.15, -0.1) is 23.1 Å². The van der Waals surface area contributed by atoms with Crippen LogP contribution >= 0.6 is 23.1 Å². The number of fused-ring (bicyclic) bond motifs is 22. The molecule has 5 aliphatic rings. The predicted octanol–water partition coefficient (Wildman–Crippen LogP) is 1.02. The Bertz CT molecular complexity index is 2940. The maximum atomic E-state index is 14.9. The van der Waals surface area contributed by atoms with Gasteiger partial charge in [-0.3, -0.25) is 53.6 Å². The van der Waals surface area contributed by atoms with Gasteiger partial charge in [-0.1, -0.05) is 62.4 Å². The summed E-state index contributed by atoms with van der Waals surface area (Å²) >= 11 is 2.49. The van der Waals surface area contributed by atoms with Crippen molar-refractivity contribution < 1.29 is 43.2 Å². The Kier molecular flexibility index (Phi) is 19.2. The van der Waals surface area contributed by atoms with E-state index in [1.807, 2.05) is 24.3 Å². The molecule has 4 aromatic rings. The summed E-state index contributed by atoms with van der Waals surface area (Å²) in [6.07, 6.45) is 7.65. The molecule has 78 heavy (non-hydrogen) atoms. The van der Waals surface area contributed by atoms with Crippen LogP contribution in [0, 0.1) is 11.3 Å². The number of aromatic nitrogens is 1. The second kappa shape index (κ2) is 26.5. The van der Waals surface area contributed by atoms with Crippen LogP contribution in [0.4, 0.5) is 5.69 Å². The van der Waals surface area contributed by atoms with Gasteiger partial charge >= 0.3 is 0 Å². The SMILES string of the molecule is N=C(N)NCCC[C@@H]1NC(=O)[C@H](Cc2c[nH]c3ccccc23)NC(=O)[C@@H](CC2CCCCC2)NC(=O)[C@@H]2CCCN2C(=O)[C@@H]2CSC(=N2)c2ccc(s2)C(=O)NCC(=O)NCC(=O)Nc2ccc(cc2)C[C@@H](C(N)=O)NC1=O. The summed E-state index contributed by atoms with van der Waals surface area (Å²) in [6.45, 7) is -0.364. The summed E-state index contributed by atoms with van der Waals surface area (Å²) in [6, 6.07) is 10.4. The molecule has 2 aromatic carbocycles. The number of para-hydroxylation sites is 1. The number of thioether (sulfide) groups is 1. The highest BCUT2D eigenvalue weighted by atomic mass is 32.2. The van der Waals surface area contributed by atoms with Crippen molar-refractivity contribution in [3.63, 3.8) is 0 Å². The van der Waals surface area contributed by atoms with E-state index in [-0.39, 0.29) is 56.4 Å². The van der Waals surface area contributed by atoms with Crippen LogP contribution in [0.5, 0.6) is 0 Å². The van der Waals surface area contributed by atoms with Gasteiger partial charge in [0.25, 0.3) is 5.91 Å². The molecule has 6 heterocycles. The molecule has 2 fully saturated rings. The first-order valence-electron chi connectivity index (χ1n) is 26.3. The number of aromatic amines is 1. The summed E-state index contributed by atoms with van der Waals surface area (Å²) < 4.78 is 0. The Labute approximate surface area is 458 Å². The molecule has 25 heteroatoms. The van der Waals surface area contributed by atoms with Gasteiger partial charge in [-0.2, -0.15) is 0 Å². The van der Waals surface area contributed by atoms with Gasteiger partial charge in [0.15, 0.2) is 5.96 Å².